The molecule has 100 valence electrons. The summed E-state index contributed by atoms with van der Waals surface area (Å²) in [4.78, 5) is 0. The Morgan fingerprint density at radius 1 is 1.15 bits per heavy atom. The van der Waals surface area contributed by atoms with Gasteiger partial charge in [-0.25, -0.2) is 4.52 Å². The highest BCUT2D eigenvalue weighted by molar-refractivity contribution is 5.88. The summed E-state index contributed by atoms with van der Waals surface area (Å²) in [5.41, 5.74) is 3.32. The maximum atomic E-state index is 4.47. The van der Waals surface area contributed by atoms with Crippen LogP contribution in [0.5, 0.6) is 0 Å². The van der Waals surface area contributed by atoms with E-state index >= 15 is 0 Å². The molecule has 0 spiro atoms. The Kier molecular flexibility index (Phi) is 3.46. The van der Waals surface area contributed by atoms with E-state index in [9.17, 15) is 0 Å². The molecule has 2 heterocycles. The first-order valence-electron chi connectivity index (χ1n) is 6.54. The average Bonchev–Trinajstić information content (AvgIpc) is 2.89. The maximum Gasteiger partial charge on any atom is 0.0750 e. The van der Waals surface area contributed by atoms with Crippen LogP contribution in [-0.2, 0) is 6.54 Å². The lowest BCUT2D eigenvalue weighted by Gasteiger charge is -2.12. The Morgan fingerprint density at radius 2 is 1.95 bits per heavy atom. The molecule has 0 atom stereocenters. The van der Waals surface area contributed by atoms with Gasteiger partial charge in [0.2, 0.25) is 0 Å². The predicted octanol–water partition coefficient (Wildman–Crippen LogP) is 2.80. The number of hydrogen-bond acceptors (Lipinski definition) is 3. The zero-order chi connectivity index (χ0) is 13.8. The second kappa shape index (κ2) is 5.57. The van der Waals surface area contributed by atoms with Crippen molar-refractivity contribution in [2.24, 2.45) is 5.10 Å². The molecule has 0 bridgehead atoms. The molecule has 0 radical (unpaired) electrons. The number of benzene rings is 1. The third kappa shape index (κ3) is 2.69. The second-order valence-corrected chi connectivity index (χ2v) is 4.68. The second-order valence-electron chi connectivity index (χ2n) is 4.68. The molecule has 0 saturated heterocycles. The van der Waals surface area contributed by atoms with Crippen LogP contribution < -0.4 is 0 Å². The lowest BCUT2D eigenvalue weighted by atomic mass is 10.2. The number of nitrogens with zero attached hydrogens (tertiary/aromatic N) is 4. The fourth-order valence-corrected chi connectivity index (χ4v) is 2.10. The van der Waals surface area contributed by atoms with Crippen LogP contribution in [0.2, 0.25) is 0 Å². The van der Waals surface area contributed by atoms with Crippen LogP contribution in [0.1, 0.15) is 11.1 Å². The van der Waals surface area contributed by atoms with Crippen molar-refractivity contribution in [3.05, 3.63) is 72.1 Å². The van der Waals surface area contributed by atoms with Crippen LogP contribution in [0.3, 0.4) is 0 Å². The molecule has 1 aromatic carbocycles. The zero-order valence-corrected chi connectivity index (χ0v) is 11.3. The van der Waals surface area contributed by atoms with Crippen molar-refractivity contribution in [2.45, 2.75) is 6.54 Å². The van der Waals surface area contributed by atoms with Gasteiger partial charge >= 0.3 is 0 Å². The van der Waals surface area contributed by atoms with Crippen LogP contribution >= 0.6 is 0 Å². The number of hydrazone groups is 1. The molecule has 2 aromatic heterocycles. The molecule has 3 rings (SSSR count). The van der Waals surface area contributed by atoms with E-state index in [4.69, 9.17) is 0 Å². The van der Waals surface area contributed by atoms with Crippen LogP contribution in [0.25, 0.3) is 5.52 Å². The minimum atomic E-state index is 0.788. The van der Waals surface area contributed by atoms with Crippen LogP contribution in [0, 0.1) is 0 Å². The monoisotopic (exact) mass is 264 g/mol. The van der Waals surface area contributed by atoms with Crippen molar-refractivity contribution in [3.63, 3.8) is 0 Å². The summed E-state index contributed by atoms with van der Waals surface area (Å²) in [5.74, 6) is 0. The molecular formula is C16H16N4. The molecule has 0 aliphatic rings. The first kappa shape index (κ1) is 12.4. The minimum absolute atomic E-state index is 0.788. The third-order valence-electron chi connectivity index (χ3n) is 3.10. The molecule has 20 heavy (non-hydrogen) atoms. The highest BCUT2D eigenvalue weighted by Gasteiger charge is 2.00. The van der Waals surface area contributed by atoms with Gasteiger partial charge in [0.1, 0.15) is 0 Å². The van der Waals surface area contributed by atoms with Gasteiger partial charge in [0.25, 0.3) is 0 Å². The van der Waals surface area contributed by atoms with Gasteiger partial charge in [0.15, 0.2) is 0 Å². The molecule has 0 saturated carbocycles. The number of aromatic nitrogens is 2. The Hall–Kier alpha value is -2.62. The van der Waals surface area contributed by atoms with Gasteiger partial charge in [-0.15, -0.1) is 0 Å². The summed E-state index contributed by atoms with van der Waals surface area (Å²) in [5, 5.41) is 10.7. The van der Waals surface area contributed by atoms with Crippen LogP contribution in [-0.4, -0.2) is 27.9 Å². The van der Waals surface area contributed by atoms with E-state index in [1.165, 1.54) is 5.56 Å². The van der Waals surface area contributed by atoms with Crippen LogP contribution in [0.4, 0.5) is 0 Å². The molecule has 0 N–H and O–H groups in total. The lowest BCUT2D eigenvalue weighted by Crippen LogP contribution is -2.10. The predicted molar refractivity (Wildman–Crippen MR) is 80.7 cm³/mol. The van der Waals surface area contributed by atoms with Crippen molar-refractivity contribution in [1.29, 1.82) is 0 Å². The summed E-state index contributed by atoms with van der Waals surface area (Å²) in [7, 11) is 1.97. The summed E-state index contributed by atoms with van der Waals surface area (Å²) in [6, 6.07) is 16.3. The van der Waals surface area contributed by atoms with E-state index in [0.29, 0.717) is 0 Å². The van der Waals surface area contributed by atoms with Crippen molar-refractivity contribution in [3.8, 4) is 0 Å². The van der Waals surface area contributed by atoms with Crippen LogP contribution in [0.15, 0.2) is 66.0 Å². The molecule has 0 aliphatic carbocycles. The van der Waals surface area contributed by atoms with E-state index in [1.54, 1.807) is 0 Å². The topological polar surface area (TPSA) is 32.9 Å². The number of fused-ring (bicyclic) bond motifs is 1. The number of hydrogen-bond donors (Lipinski definition) is 0. The summed E-state index contributed by atoms with van der Waals surface area (Å²) in [6.07, 6.45) is 5.61. The summed E-state index contributed by atoms with van der Waals surface area (Å²) < 4.78 is 1.85. The standard InChI is InChI=1S/C16H16N4/c1-19(13-14-7-3-2-4-8-14)17-11-15-12-18-20-10-6-5-9-16(15)20/h2-12H,13H2,1H3/b17-11+. The number of rotatable bonds is 4. The molecule has 0 amide bonds. The Balaban J connectivity index is 1.73. The SMILES string of the molecule is CN(Cc1ccccc1)/N=C/c1cnn2ccccc12. The minimum Gasteiger partial charge on any atom is -0.296 e. The Morgan fingerprint density at radius 3 is 2.80 bits per heavy atom. The van der Waals surface area contributed by atoms with Gasteiger partial charge in [0, 0.05) is 18.8 Å². The van der Waals surface area contributed by atoms with Gasteiger partial charge in [-0.2, -0.15) is 10.2 Å². The highest BCUT2D eigenvalue weighted by atomic mass is 15.4. The van der Waals surface area contributed by atoms with Gasteiger partial charge < -0.3 is 0 Å². The smallest absolute Gasteiger partial charge is 0.0750 e. The fraction of sp³-hybridized carbons (Fsp3) is 0.125. The molecule has 4 heteroatoms. The van der Waals surface area contributed by atoms with E-state index in [1.807, 2.05) is 71.6 Å². The van der Waals surface area contributed by atoms with Gasteiger partial charge in [-0.05, 0) is 17.7 Å². The van der Waals surface area contributed by atoms with Crippen molar-refractivity contribution < 1.29 is 0 Å². The Bertz CT molecular complexity index is 715. The fourth-order valence-electron chi connectivity index (χ4n) is 2.10. The number of pyridine rings is 1. The summed E-state index contributed by atoms with van der Waals surface area (Å²) in [6.45, 7) is 0.788. The zero-order valence-electron chi connectivity index (χ0n) is 11.3. The first-order valence-corrected chi connectivity index (χ1v) is 6.54. The molecule has 0 unspecified atom stereocenters. The molecule has 0 fully saturated rings. The van der Waals surface area contributed by atoms with Crippen molar-refractivity contribution >= 4 is 11.7 Å². The molecule has 0 aliphatic heterocycles. The van der Waals surface area contributed by atoms with E-state index in [0.717, 1.165) is 17.6 Å². The Labute approximate surface area is 118 Å². The van der Waals surface area contributed by atoms with Gasteiger partial charge in [0.05, 0.1) is 24.5 Å². The summed E-state index contributed by atoms with van der Waals surface area (Å²) >= 11 is 0. The lowest BCUT2D eigenvalue weighted by molar-refractivity contribution is 0.349. The van der Waals surface area contributed by atoms with Crippen molar-refractivity contribution in [1.82, 2.24) is 14.6 Å². The van der Waals surface area contributed by atoms with E-state index < -0.39 is 0 Å². The largest absolute Gasteiger partial charge is 0.296 e. The normalized spacial score (nSPS) is 11.2. The molecule has 3 aromatic rings. The van der Waals surface area contributed by atoms with Gasteiger partial charge in [-0.1, -0.05) is 36.4 Å². The average molecular weight is 264 g/mol. The maximum absolute atomic E-state index is 4.47. The molecular weight excluding hydrogens is 248 g/mol. The highest BCUT2D eigenvalue weighted by Crippen LogP contribution is 2.08. The first-order chi connectivity index (χ1) is 9.83. The van der Waals surface area contributed by atoms with Gasteiger partial charge in [-0.3, -0.25) is 5.01 Å². The quantitative estimate of drug-likeness (QED) is 0.536. The third-order valence-corrected chi connectivity index (χ3v) is 3.10. The van der Waals surface area contributed by atoms with E-state index in [2.05, 4.69) is 22.3 Å². The molecule has 4 nitrogen and oxygen atoms in total. The van der Waals surface area contributed by atoms with Crippen molar-refractivity contribution in [2.75, 3.05) is 7.05 Å². The van der Waals surface area contributed by atoms with E-state index in [-0.39, 0.29) is 0 Å².